The Hall–Kier alpha value is -2.69. The Morgan fingerprint density at radius 2 is 1.72 bits per heavy atom. The number of benzene rings is 2. The number of ether oxygens (including phenoxy) is 3. The monoisotopic (exact) mass is 341 g/mol. The maximum Gasteiger partial charge on any atom is 0.261 e. The Bertz CT molecular complexity index is 742. The van der Waals surface area contributed by atoms with Gasteiger partial charge in [-0.2, -0.15) is 0 Å². The van der Waals surface area contributed by atoms with Crippen molar-refractivity contribution >= 4 is 5.91 Å². The maximum absolute atomic E-state index is 12.4. The molecule has 0 aliphatic carbocycles. The molecule has 0 fully saturated rings. The number of hydrogen-bond donors (Lipinski definition) is 1. The summed E-state index contributed by atoms with van der Waals surface area (Å²) < 4.78 is 16.8. The van der Waals surface area contributed by atoms with Crippen molar-refractivity contribution in [2.75, 3.05) is 13.2 Å². The number of amides is 1. The summed E-state index contributed by atoms with van der Waals surface area (Å²) in [6.07, 6.45) is -0.581. The van der Waals surface area contributed by atoms with Crippen LogP contribution in [0.15, 0.2) is 42.5 Å². The van der Waals surface area contributed by atoms with Crippen LogP contribution in [0.5, 0.6) is 17.2 Å². The lowest BCUT2D eigenvalue weighted by atomic mass is 10.1. The average molecular weight is 341 g/mol. The minimum atomic E-state index is -0.581. The van der Waals surface area contributed by atoms with E-state index in [1.807, 2.05) is 56.3 Å². The quantitative estimate of drug-likeness (QED) is 0.905. The molecule has 1 aliphatic heterocycles. The van der Waals surface area contributed by atoms with Gasteiger partial charge in [-0.25, -0.2) is 0 Å². The second-order valence-electron chi connectivity index (χ2n) is 6.21. The first-order valence-corrected chi connectivity index (χ1v) is 8.46. The topological polar surface area (TPSA) is 56.8 Å². The molecular weight excluding hydrogens is 318 g/mol. The Labute approximate surface area is 147 Å². The summed E-state index contributed by atoms with van der Waals surface area (Å²) in [5.74, 6) is 1.97. The molecule has 0 aromatic heterocycles. The molecular formula is C20H23NO4. The van der Waals surface area contributed by atoms with Gasteiger partial charge in [0, 0.05) is 0 Å². The summed E-state index contributed by atoms with van der Waals surface area (Å²) in [5.41, 5.74) is 2.11. The van der Waals surface area contributed by atoms with Gasteiger partial charge in [0.25, 0.3) is 5.91 Å². The van der Waals surface area contributed by atoms with E-state index in [9.17, 15) is 4.79 Å². The van der Waals surface area contributed by atoms with Crippen molar-refractivity contribution in [1.82, 2.24) is 5.32 Å². The van der Waals surface area contributed by atoms with E-state index in [4.69, 9.17) is 14.2 Å². The number of aryl methyl sites for hydroxylation is 1. The molecule has 0 saturated heterocycles. The molecule has 0 radical (unpaired) electrons. The SMILES string of the molecule is Cc1ccc(O[C@H](C)C(=O)N[C@@H](C)c2ccc3c(c2)OCCO3)cc1. The van der Waals surface area contributed by atoms with E-state index in [2.05, 4.69) is 5.32 Å². The van der Waals surface area contributed by atoms with Gasteiger partial charge < -0.3 is 19.5 Å². The number of rotatable bonds is 5. The highest BCUT2D eigenvalue weighted by molar-refractivity contribution is 5.81. The number of nitrogens with one attached hydrogen (secondary N) is 1. The minimum absolute atomic E-state index is 0.160. The molecule has 2 aromatic carbocycles. The van der Waals surface area contributed by atoms with E-state index in [1.54, 1.807) is 6.92 Å². The lowest BCUT2D eigenvalue weighted by molar-refractivity contribution is -0.127. The maximum atomic E-state index is 12.4. The van der Waals surface area contributed by atoms with E-state index in [0.29, 0.717) is 24.7 Å². The molecule has 5 nitrogen and oxygen atoms in total. The molecule has 1 heterocycles. The molecule has 2 aromatic rings. The highest BCUT2D eigenvalue weighted by atomic mass is 16.6. The standard InChI is InChI=1S/C20H23NO4/c1-13-4-7-17(8-5-13)25-15(3)20(22)21-14(2)16-6-9-18-19(12-16)24-11-10-23-18/h4-9,12,14-15H,10-11H2,1-3H3,(H,21,22)/t14-,15+/m0/s1. The molecule has 1 amide bonds. The third kappa shape index (κ3) is 4.24. The number of fused-ring (bicyclic) bond motifs is 1. The van der Waals surface area contributed by atoms with E-state index in [1.165, 1.54) is 0 Å². The lowest BCUT2D eigenvalue weighted by Crippen LogP contribution is -2.37. The highest BCUT2D eigenvalue weighted by Crippen LogP contribution is 2.32. The van der Waals surface area contributed by atoms with E-state index < -0.39 is 6.10 Å². The second-order valence-corrected chi connectivity index (χ2v) is 6.21. The van der Waals surface area contributed by atoms with Crippen LogP contribution in [0.1, 0.15) is 31.0 Å². The molecule has 5 heteroatoms. The molecule has 25 heavy (non-hydrogen) atoms. The highest BCUT2D eigenvalue weighted by Gasteiger charge is 2.19. The molecule has 132 valence electrons. The van der Waals surface area contributed by atoms with Crippen LogP contribution >= 0.6 is 0 Å². The van der Waals surface area contributed by atoms with Crippen LogP contribution in [-0.2, 0) is 4.79 Å². The third-order valence-electron chi connectivity index (χ3n) is 4.13. The Morgan fingerprint density at radius 1 is 1.04 bits per heavy atom. The molecule has 0 unspecified atom stereocenters. The van der Waals surface area contributed by atoms with Crippen molar-refractivity contribution in [3.8, 4) is 17.2 Å². The Kier molecular flexibility index (Phi) is 5.12. The summed E-state index contributed by atoms with van der Waals surface area (Å²) in [7, 11) is 0. The van der Waals surface area contributed by atoms with Gasteiger partial charge >= 0.3 is 0 Å². The molecule has 0 saturated carbocycles. The van der Waals surface area contributed by atoms with Crippen molar-refractivity contribution in [3.05, 3.63) is 53.6 Å². The van der Waals surface area contributed by atoms with E-state index in [-0.39, 0.29) is 11.9 Å². The van der Waals surface area contributed by atoms with Crippen LogP contribution in [0, 0.1) is 6.92 Å². The first kappa shape index (κ1) is 17.1. The number of carbonyl (C=O) groups is 1. The van der Waals surface area contributed by atoms with Gasteiger partial charge in [0.1, 0.15) is 19.0 Å². The second kappa shape index (κ2) is 7.47. The lowest BCUT2D eigenvalue weighted by Gasteiger charge is -2.22. The van der Waals surface area contributed by atoms with Crippen LogP contribution in [-0.4, -0.2) is 25.2 Å². The smallest absolute Gasteiger partial charge is 0.261 e. The van der Waals surface area contributed by atoms with Gasteiger partial charge in [0.2, 0.25) is 0 Å². The summed E-state index contributed by atoms with van der Waals surface area (Å²) in [4.78, 5) is 12.4. The summed E-state index contributed by atoms with van der Waals surface area (Å²) in [6, 6.07) is 13.2. The predicted molar refractivity (Wildman–Crippen MR) is 95.3 cm³/mol. The van der Waals surface area contributed by atoms with Crippen molar-refractivity contribution in [1.29, 1.82) is 0 Å². The minimum Gasteiger partial charge on any atom is -0.486 e. The van der Waals surface area contributed by atoms with Crippen molar-refractivity contribution < 1.29 is 19.0 Å². The fourth-order valence-corrected chi connectivity index (χ4v) is 2.62. The molecule has 0 bridgehead atoms. The Balaban J connectivity index is 1.60. The van der Waals surface area contributed by atoms with E-state index >= 15 is 0 Å². The summed E-state index contributed by atoms with van der Waals surface area (Å²) in [5, 5.41) is 2.97. The predicted octanol–water partition coefficient (Wildman–Crippen LogP) is 3.41. The van der Waals surface area contributed by atoms with Gasteiger partial charge in [-0.3, -0.25) is 4.79 Å². The summed E-state index contributed by atoms with van der Waals surface area (Å²) in [6.45, 7) is 6.79. The van der Waals surface area contributed by atoms with Gasteiger partial charge in [-0.05, 0) is 50.6 Å². The van der Waals surface area contributed by atoms with Crippen LogP contribution in [0.3, 0.4) is 0 Å². The zero-order valence-corrected chi connectivity index (χ0v) is 14.7. The van der Waals surface area contributed by atoms with Crippen LogP contribution < -0.4 is 19.5 Å². The van der Waals surface area contributed by atoms with Crippen LogP contribution in [0.25, 0.3) is 0 Å². The first-order chi connectivity index (χ1) is 12.0. The third-order valence-corrected chi connectivity index (χ3v) is 4.13. The van der Waals surface area contributed by atoms with Gasteiger partial charge in [-0.1, -0.05) is 23.8 Å². The average Bonchev–Trinajstić information content (AvgIpc) is 2.63. The number of carbonyl (C=O) groups excluding carboxylic acids is 1. The number of hydrogen-bond acceptors (Lipinski definition) is 4. The van der Waals surface area contributed by atoms with Gasteiger partial charge in [-0.15, -0.1) is 0 Å². The fourth-order valence-electron chi connectivity index (χ4n) is 2.62. The summed E-state index contributed by atoms with van der Waals surface area (Å²) >= 11 is 0. The first-order valence-electron chi connectivity index (χ1n) is 8.46. The Morgan fingerprint density at radius 3 is 2.44 bits per heavy atom. The van der Waals surface area contributed by atoms with E-state index in [0.717, 1.165) is 16.9 Å². The largest absolute Gasteiger partial charge is 0.486 e. The van der Waals surface area contributed by atoms with Crippen molar-refractivity contribution in [3.63, 3.8) is 0 Å². The van der Waals surface area contributed by atoms with Crippen LogP contribution in [0.4, 0.5) is 0 Å². The normalized spacial score (nSPS) is 15.2. The van der Waals surface area contributed by atoms with Gasteiger partial charge in [0.05, 0.1) is 6.04 Å². The molecule has 3 rings (SSSR count). The molecule has 2 atom stereocenters. The molecule has 1 N–H and O–H groups in total. The van der Waals surface area contributed by atoms with Crippen LogP contribution in [0.2, 0.25) is 0 Å². The van der Waals surface area contributed by atoms with Crippen molar-refractivity contribution in [2.24, 2.45) is 0 Å². The molecule has 0 spiro atoms. The fraction of sp³-hybridized carbons (Fsp3) is 0.350. The zero-order chi connectivity index (χ0) is 17.8. The zero-order valence-electron chi connectivity index (χ0n) is 14.7. The van der Waals surface area contributed by atoms with Crippen molar-refractivity contribution in [2.45, 2.75) is 32.9 Å². The van der Waals surface area contributed by atoms with Gasteiger partial charge in [0.15, 0.2) is 17.6 Å². The molecule has 1 aliphatic rings.